The predicted molar refractivity (Wildman–Crippen MR) is 100.0 cm³/mol. The third kappa shape index (κ3) is 4.48. The number of nitrogens with zero attached hydrogens (tertiary/aromatic N) is 3. The Morgan fingerprint density at radius 1 is 1.40 bits per heavy atom. The average molecular weight is 360 g/mol. The number of benzene rings is 1. The molecule has 0 aliphatic heterocycles. The number of ether oxygens (including phenoxy) is 1. The van der Waals surface area contributed by atoms with Crippen LogP contribution in [0, 0.1) is 10.7 Å². The first kappa shape index (κ1) is 17.7. The summed E-state index contributed by atoms with van der Waals surface area (Å²) in [6.45, 7) is 0. The lowest BCUT2D eigenvalue weighted by molar-refractivity contribution is 0.336. The molecule has 25 heavy (non-hydrogen) atoms. The molecule has 3 rings (SSSR count). The molecule has 134 valence electrons. The minimum absolute atomic E-state index is 0.0831. The van der Waals surface area contributed by atoms with Gasteiger partial charge in [0.1, 0.15) is 0 Å². The molecule has 1 heterocycles. The highest BCUT2D eigenvalue weighted by atomic mass is 32.1. The number of hydrogen-bond acceptors (Lipinski definition) is 5. The van der Waals surface area contributed by atoms with Crippen molar-refractivity contribution in [1.29, 1.82) is 0 Å². The summed E-state index contributed by atoms with van der Waals surface area (Å²) >= 11 is 5.29. The standard InChI is InChI=1S/C18H24N4O2S/c1-24-16-9-7-14(11-15(16)23)12-19-22-17(20-21-18(22)25)10-8-13-5-3-2-4-6-13/h7,9,11-13,23H,2-6,8,10H2,1H3,(H,21,25)/b19-12-. The van der Waals surface area contributed by atoms with Crippen LogP contribution in [0.25, 0.3) is 0 Å². The number of aryl methyl sites for hydroxylation is 1. The van der Waals surface area contributed by atoms with Crippen molar-refractivity contribution in [3.8, 4) is 11.5 Å². The van der Waals surface area contributed by atoms with Gasteiger partial charge >= 0.3 is 0 Å². The van der Waals surface area contributed by atoms with Crippen molar-refractivity contribution in [2.45, 2.75) is 44.9 Å². The Labute approximate surface area is 152 Å². The number of aromatic amines is 1. The Morgan fingerprint density at radius 2 is 2.20 bits per heavy atom. The van der Waals surface area contributed by atoms with Crippen LogP contribution in [0.15, 0.2) is 23.3 Å². The van der Waals surface area contributed by atoms with Gasteiger partial charge in [-0.3, -0.25) is 5.10 Å². The zero-order valence-corrected chi connectivity index (χ0v) is 15.3. The molecule has 2 aromatic rings. The van der Waals surface area contributed by atoms with Crippen LogP contribution >= 0.6 is 12.2 Å². The van der Waals surface area contributed by atoms with E-state index in [1.54, 1.807) is 23.0 Å². The molecule has 1 aromatic carbocycles. The molecule has 6 nitrogen and oxygen atoms in total. The van der Waals surface area contributed by atoms with Crippen LogP contribution in [-0.2, 0) is 6.42 Å². The molecular weight excluding hydrogens is 336 g/mol. The first-order chi connectivity index (χ1) is 12.2. The molecule has 1 aliphatic carbocycles. The molecule has 0 unspecified atom stereocenters. The minimum atomic E-state index is 0.0831. The maximum Gasteiger partial charge on any atom is 0.216 e. The monoisotopic (exact) mass is 360 g/mol. The third-order valence-electron chi connectivity index (χ3n) is 4.74. The van der Waals surface area contributed by atoms with Gasteiger partial charge < -0.3 is 9.84 Å². The fourth-order valence-electron chi connectivity index (χ4n) is 3.33. The van der Waals surface area contributed by atoms with E-state index in [4.69, 9.17) is 17.0 Å². The first-order valence-corrected chi connectivity index (χ1v) is 9.16. The molecule has 2 N–H and O–H groups in total. The Balaban J connectivity index is 1.70. The zero-order valence-electron chi connectivity index (χ0n) is 14.4. The highest BCUT2D eigenvalue weighted by molar-refractivity contribution is 7.71. The van der Waals surface area contributed by atoms with Crippen LogP contribution in [0.1, 0.15) is 49.9 Å². The van der Waals surface area contributed by atoms with Gasteiger partial charge in [-0.1, -0.05) is 32.1 Å². The lowest BCUT2D eigenvalue weighted by atomic mass is 9.86. The van der Waals surface area contributed by atoms with E-state index in [1.165, 1.54) is 39.2 Å². The Morgan fingerprint density at radius 3 is 2.92 bits per heavy atom. The number of phenolic OH excluding ortho intramolecular Hbond substituents is 1. The van der Waals surface area contributed by atoms with Gasteiger partial charge in [0.15, 0.2) is 17.3 Å². The predicted octanol–water partition coefficient (Wildman–Crippen LogP) is 4.05. The fourth-order valence-corrected chi connectivity index (χ4v) is 3.52. The second kappa shape index (κ2) is 8.29. The number of nitrogens with one attached hydrogen (secondary N) is 1. The van der Waals surface area contributed by atoms with Crippen molar-refractivity contribution < 1.29 is 9.84 Å². The molecule has 0 amide bonds. The molecule has 1 saturated carbocycles. The van der Waals surface area contributed by atoms with Crippen LogP contribution in [0.4, 0.5) is 0 Å². The summed E-state index contributed by atoms with van der Waals surface area (Å²) in [5.74, 6) is 2.16. The molecule has 1 aliphatic rings. The smallest absolute Gasteiger partial charge is 0.216 e. The van der Waals surface area contributed by atoms with Gasteiger partial charge in [-0.25, -0.2) is 0 Å². The number of methoxy groups -OCH3 is 1. The van der Waals surface area contributed by atoms with Crippen LogP contribution in [0.2, 0.25) is 0 Å². The van der Waals surface area contributed by atoms with E-state index in [1.807, 2.05) is 6.07 Å². The van der Waals surface area contributed by atoms with Crippen molar-refractivity contribution in [2.24, 2.45) is 11.0 Å². The second-order valence-electron chi connectivity index (χ2n) is 6.48. The minimum Gasteiger partial charge on any atom is -0.504 e. The van der Waals surface area contributed by atoms with Crippen molar-refractivity contribution in [2.75, 3.05) is 7.11 Å². The molecular formula is C18H24N4O2S. The van der Waals surface area contributed by atoms with Gasteiger partial charge in [0, 0.05) is 6.42 Å². The van der Waals surface area contributed by atoms with E-state index in [-0.39, 0.29) is 5.75 Å². The van der Waals surface area contributed by atoms with Gasteiger partial charge in [-0.05, 0) is 48.3 Å². The van der Waals surface area contributed by atoms with Crippen LogP contribution in [0.3, 0.4) is 0 Å². The molecule has 0 radical (unpaired) electrons. The van der Waals surface area contributed by atoms with E-state index in [0.717, 1.165) is 30.1 Å². The zero-order chi connectivity index (χ0) is 17.6. The van der Waals surface area contributed by atoms with Crippen LogP contribution < -0.4 is 4.74 Å². The summed E-state index contributed by atoms with van der Waals surface area (Å²) < 4.78 is 7.19. The Bertz CT molecular complexity index is 791. The van der Waals surface area contributed by atoms with Crippen LogP contribution in [-0.4, -0.2) is 33.3 Å². The topological polar surface area (TPSA) is 75.4 Å². The third-order valence-corrected chi connectivity index (χ3v) is 5.01. The highest BCUT2D eigenvalue weighted by Gasteiger charge is 2.15. The van der Waals surface area contributed by atoms with E-state index in [2.05, 4.69) is 15.3 Å². The van der Waals surface area contributed by atoms with Gasteiger partial charge in [0.05, 0.1) is 13.3 Å². The number of hydrogen-bond donors (Lipinski definition) is 2. The molecule has 0 bridgehead atoms. The average Bonchev–Trinajstić information content (AvgIpc) is 2.99. The van der Waals surface area contributed by atoms with Gasteiger partial charge in [-0.15, -0.1) is 0 Å². The lowest BCUT2D eigenvalue weighted by Crippen LogP contribution is -2.09. The van der Waals surface area contributed by atoms with Crippen molar-refractivity contribution in [3.05, 3.63) is 34.4 Å². The Kier molecular flexibility index (Phi) is 5.86. The molecule has 0 atom stereocenters. The molecule has 0 saturated heterocycles. The highest BCUT2D eigenvalue weighted by Crippen LogP contribution is 2.27. The number of aromatic hydroxyl groups is 1. The molecule has 7 heteroatoms. The summed E-state index contributed by atoms with van der Waals surface area (Å²) in [6.07, 6.45) is 10.3. The molecule has 1 aromatic heterocycles. The van der Waals surface area contributed by atoms with Crippen molar-refractivity contribution in [3.63, 3.8) is 0 Å². The lowest BCUT2D eigenvalue weighted by Gasteiger charge is -2.20. The second-order valence-corrected chi connectivity index (χ2v) is 6.86. The Hall–Kier alpha value is -2.15. The SMILES string of the molecule is COc1ccc(/C=N\n2c(CCC3CCCCC3)n[nH]c2=S)cc1O. The van der Waals surface area contributed by atoms with Gasteiger partial charge in [0.2, 0.25) is 4.77 Å². The number of rotatable bonds is 6. The van der Waals surface area contributed by atoms with Gasteiger partial charge in [0.25, 0.3) is 0 Å². The van der Waals surface area contributed by atoms with E-state index in [9.17, 15) is 5.11 Å². The summed E-state index contributed by atoms with van der Waals surface area (Å²) in [4.78, 5) is 0. The molecule has 1 fully saturated rings. The van der Waals surface area contributed by atoms with Crippen LogP contribution in [0.5, 0.6) is 11.5 Å². The summed E-state index contributed by atoms with van der Waals surface area (Å²) in [5.41, 5.74) is 0.764. The van der Waals surface area contributed by atoms with Gasteiger partial charge in [-0.2, -0.15) is 14.9 Å². The number of H-pyrrole nitrogens is 1. The largest absolute Gasteiger partial charge is 0.504 e. The van der Waals surface area contributed by atoms with E-state index < -0.39 is 0 Å². The number of phenols is 1. The summed E-state index contributed by atoms with van der Waals surface area (Å²) in [7, 11) is 1.52. The maximum atomic E-state index is 9.85. The van der Waals surface area contributed by atoms with Crippen molar-refractivity contribution in [1.82, 2.24) is 14.9 Å². The first-order valence-electron chi connectivity index (χ1n) is 8.75. The maximum absolute atomic E-state index is 9.85. The van der Waals surface area contributed by atoms with E-state index in [0.29, 0.717) is 10.5 Å². The summed E-state index contributed by atoms with van der Waals surface area (Å²) in [6, 6.07) is 5.14. The normalized spacial score (nSPS) is 15.7. The summed E-state index contributed by atoms with van der Waals surface area (Å²) in [5, 5.41) is 21.4. The molecule has 0 spiro atoms. The quantitative estimate of drug-likeness (QED) is 0.602. The fraction of sp³-hybridized carbons (Fsp3) is 0.500. The number of aromatic nitrogens is 3. The van der Waals surface area contributed by atoms with E-state index >= 15 is 0 Å². The van der Waals surface area contributed by atoms with Crippen molar-refractivity contribution >= 4 is 18.4 Å².